The van der Waals surface area contributed by atoms with Crippen molar-refractivity contribution in [2.75, 3.05) is 46.4 Å². The second kappa shape index (κ2) is 10.7. The van der Waals surface area contributed by atoms with Crippen LogP contribution in [0.3, 0.4) is 0 Å². The maximum atomic E-state index is 5.17. The average molecular weight is 353 g/mol. The maximum Gasteiger partial charge on any atom is 0.191 e. The Morgan fingerprint density at radius 2 is 2.25 bits per heavy atom. The van der Waals surface area contributed by atoms with E-state index >= 15 is 0 Å². The zero-order valence-corrected chi connectivity index (χ0v) is 16.1. The highest BCUT2D eigenvalue weighted by atomic mass is 32.1. The zero-order valence-electron chi connectivity index (χ0n) is 15.3. The number of aliphatic imine (C=N–C) groups is 1. The first kappa shape index (κ1) is 19.2. The van der Waals surface area contributed by atoms with Crippen LogP contribution in [0.5, 0.6) is 0 Å². The van der Waals surface area contributed by atoms with E-state index in [1.54, 1.807) is 18.4 Å². The third-order valence-electron chi connectivity index (χ3n) is 4.52. The fraction of sp³-hybridized carbons (Fsp3) is 0.722. The van der Waals surface area contributed by atoms with Crippen LogP contribution in [0.15, 0.2) is 21.8 Å². The van der Waals surface area contributed by atoms with Gasteiger partial charge in [0.2, 0.25) is 0 Å². The molecule has 5 nitrogen and oxygen atoms in total. The largest absolute Gasteiger partial charge is 0.383 e. The molecule has 1 aromatic rings. The number of guanidine groups is 1. The van der Waals surface area contributed by atoms with Gasteiger partial charge < -0.3 is 20.3 Å². The van der Waals surface area contributed by atoms with Crippen molar-refractivity contribution < 1.29 is 4.74 Å². The SMILES string of the molecule is CCNC(=NCC(C)c1ccsc1)NC1CCN(CCOC)CC1. The van der Waals surface area contributed by atoms with E-state index in [2.05, 4.69) is 46.2 Å². The molecule has 6 heteroatoms. The summed E-state index contributed by atoms with van der Waals surface area (Å²) < 4.78 is 5.17. The molecule has 1 aliphatic rings. The quantitative estimate of drug-likeness (QED) is 0.557. The molecule has 136 valence electrons. The summed E-state index contributed by atoms with van der Waals surface area (Å²) in [5.74, 6) is 1.41. The first-order chi connectivity index (χ1) is 11.7. The minimum absolute atomic E-state index is 0.461. The Balaban J connectivity index is 1.79. The highest BCUT2D eigenvalue weighted by Crippen LogP contribution is 2.18. The number of thiophene rings is 1. The Morgan fingerprint density at radius 1 is 1.46 bits per heavy atom. The predicted molar refractivity (Wildman–Crippen MR) is 103 cm³/mol. The van der Waals surface area contributed by atoms with Gasteiger partial charge >= 0.3 is 0 Å². The zero-order chi connectivity index (χ0) is 17.2. The molecule has 2 rings (SSSR count). The number of hydrogen-bond donors (Lipinski definition) is 2. The van der Waals surface area contributed by atoms with E-state index in [1.807, 2.05) is 0 Å². The lowest BCUT2D eigenvalue weighted by atomic mass is 10.1. The van der Waals surface area contributed by atoms with Gasteiger partial charge in [0.05, 0.1) is 6.61 Å². The number of ether oxygens (including phenoxy) is 1. The summed E-state index contributed by atoms with van der Waals surface area (Å²) in [4.78, 5) is 7.27. The molecule has 0 radical (unpaired) electrons. The van der Waals surface area contributed by atoms with Gasteiger partial charge in [-0.15, -0.1) is 0 Å². The molecule has 24 heavy (non-hydrogen) atoms. The molecule has 1 atom stereocenters. The summed E-state index contributed by atoms with van der Waals surface area (Å²) in [6, 6.07) is 2.71. The molecular formula is C18H32N4OS. The third-order valence-corrected chi connectivity index (χ3v) is 5.22. The van der Waals surface area contributed by atoms with Crippen LogP contribution in [0, 0.1) is 0 Å². The van der Waals surface area contributed by atoms with Crippen LogP contribution in [-0.2, 0) is 4.74 Å². The van der Waals surface area contributed by atoms with Crippen LogP contribution in [0.2, 0.25) is 0 Å². The third kappa shape index (κ3) is 6.42. The molecule has 0 saturated carbocycles. The fourth-order valence-corrected chi connectivity index (χ4v) is 3.71. The number of likely N-dealkylation sites (tertiary alicyclic amines) is 1. The summed E-state index contributed by atoms with van der Waals surface area (Å²) in [5, 5.41) is 11.4. The molecule has 0 spiro atoms. The van der Waals surface area contributed by atoms with Crippen LogP contribution in [-0.4, -0.2) is 63.3 Å². The second-order valence-electron chi connectivity index (χ2n) is 6.43. The Kier molecular flexibility index (Phi) is 8.56. The smallest absolute Gasteiger partial charge is 0.191 e. The number of nitrogens with zero attached hydrogens (tertiary/aromatic N) is 2. The topological polar surface area (TPSA) is 48.9 Å². The number of rotatable bonds is 8. The van der Waals surface area contributed by atoms with E-state index < -0.39 is 0 Å². The van der Waals surface area contributed by atoms with Crippen molar-refractivity contribution in [3.63, 3.8) is 0 Å². The number of methoxy groups -OCH3 is 1. The highest BCUT2D eigenvalue weighted by Gasteiger charge is 2.19. The number of nitrogens with one attached hydrogen (secondary N) is 2. The highest BCUT2D eigenvalue weighted by molar-refractivity contribution is 7.07. The van der Waals surface area contributed by atoms with Crippen LogP contribution < -0.4 is 10.6 Å². The van der Waals surface area contributed by atoms with Crippen molar-refractivity contribution in [2.45, 2.75) is 38.6 Å². The summed E-state index contributed by atoms with van der Waals surface area (Å²) >= 11 is 1.75. The lowest BCUT2D eigenvalue weighted by Crippen LogP contribution is -2.49. The number of hydrogen-bond acceptors (Lipinski definition) is 4. The molecule has 0 aliphatic carbocycles. The van der Waals surface area contributed by atoms with Crippen molar-refractivity contribution >= 4 is 17.3 Å². The van der Waals surface area contributed by atoms with Gasteiger partial charge in [0.25, 0.3) is 0 Å². The molecule has 0 bridgehead atoms. The van der Waals surface area contributed by atoms with Gasteiger partial charge in [0.1, 0.15) is 0 Å². The van der Waals surface area contributed by atoms with Gasteiger partial charge in [0.15, 0.2) is 5.96 Å². The number of piperidine rings is 1. The molecule has 0 amide bonds. The van der Waals surface area contributed by atoms with Gasteiger partial charge in [-0.25, -0.2) is 0 Å². The molecule has 2 N–H and O–H groups in total. The van der Waals surface area contributed by atoms with Crippen molar-refractivity contribution in [1.29, 1.82) is 0 Å². The first-order valence-corrected chi connectivity index (χ1v) is 9.95. The van der Waals surface area contributed by atoms with Gasteiger partial charge in [-0.05, 0) is 42.2 Å². The van der Waals surface area contributed by atoms with Crippen molar-refractivity contribution in [3.05, 3.63) is 22.4 Å². The monoisotopic (exact) mass is 352 g/mol. The molecule has 2 heterocycles. The van der Waals surface area contributed by atoms with E-state index in [9.17, 15) is 0 Å². The van der Waals surface area contributed by atoms with Crippen LogP contribution in [0.1, 0.15) is 38.2 Å². The molecule has 1 fully saturated rings. The van der Waals surface area contributed by atoms with E-state index in [1.165, 1.54) is 5.56 Å². The Labute approximate surface area is 150 Å². The van der Waals surface area contributed by atoms with Crippen molar-refractivity contribution in [2.24, 2.45) is 4.99 Å². The lowest BCUT2D eigenvalue weighted by molar-refractivity contribution is 0.128. The van der Waals surface area contributed by atoms with Crippen LogP contribution in [0.25, 0.3) is 0 Å². The molecule has 1 aliphatic heterocycles. The van der Waals surface area contributed by atoms with E-state index in [0.717, 1.165) is 58.1 Å². The van der Waals surface area contributed by atoms with Crippen molar-refractivity contribution in [3.8, 4) is 0 Å². The average Bonchev–Trinajstić information content (AvgIpc) is 3.13. The van der Waals surface area contributed by atoms with E-state index in [4.69, 9.17) is 9.73 Å². The predicted octanol–water partition coefficient (Wildman–Crippen LogP) is 2.52. The lowest BCUT2D eigenvalue weighted by Gasteiger charge is -2.32. The minimum atomic E-state index is 0.461. The summed E-state index contributed by atoms with van der Waals surface area (Å²) in [6.45, 7) is 10.2. The molecule has 1 unspecified atom stereocenters. The summed E-state index contributed by atoms with van der Waals surface area (Å²) in [7, 11) is 1.77. The fourth-order valence-electron chi connectivity index (χ4n) is 2.92. The molecule has 1 saturated heterocycles. The molecular weight excluding hydrogens is 320 g/mol. The Morgan fingerprint density at radius 3 is 2.88 bits per heavy atom. The summed E-state index contributed by atoms with van der Waals surface area (Å²) in [5.41, 5.74) is 1.38. The van der Waals surface area contributed by atoms with Crippen LogP contribution in [0.4, 0.5) is 0 Å². The Hall–Kier alpha value is -1.11. The first-order valence-electron chi connectivity index (χ1n) is 9.01. The van der Waals surface area contributed by atoms with Gasteiger partial charge in [-0.1, -0.05) is 6.92 Å². The molecule has 0 aromatic carbocycles. The standard InChI is InChI=1S/C18H32N4OS/c1-4-19-18(20-13-15(2)16-7-12-24-14-16)21-17-5-8-22(9-6-17)10-11-23-3/h7,12,14-15,17H,4-6,8-11,13H2,1-3H3,(H2,19,20,21). The second-order valence-corrected chi connectivity index (χ2v) is 7.21. The van der Waals surface area contributed by atoms with E-state index in [-0.39, 0.29) is 0 Å². The maximum absolute atomic E-state index is 5.17. The van der Waals surface area contributed by atoms with Gasteiger partial charge in [-0.3, -0.25) is 4.99 Å². The van der Waals surface area contributed by atoms with Crippen LogP contribution >= 0.6 is 11.3 Å². The Bertz CT molecular complexity index is 469. The summed E-state index contributed by atoms with van der Waals surface area (Å²) in [6.07, 6.45) is 2.32. The molecule has 1 aromatic heterocycles. The van der Waals surface area contributed by atoms with Gasteiger partial charge in [0, 0.05) is 51.8 Å². The van der Waals surface area contributed by atoms with Gasteiger partial charge in [-0.2, -0.15) is 11.3 Å². The minimum Gasteiger partial charge on any atom is -0.383 e. The normalized spacial score (nSPS) is 18.5. The van der Waals surface area contributed by atoms with Crippen molar-refractivity contribution in [1.82, 2.24) is 15.5 Å². The van der Waals surface area contributed by atoms with E-state index in [0.29, 0.717) is 12.0 Å².